The Hall–Kier alpha value is -0.980. The molecule has 0 saturated carbocycles. The molecule has 1 rings (SSSR count). The van der Waals surface area contributed by atoms with Crippen LogP contribution in [0, 0.1) is 0 Å². The van der Waals surface area contributed by atoms with Crippen LogP contribution in [0.4, 0.5) is 0 Å². The van der Waals surface area contributed by atoms with Crippen LogP contribution in [-0.2, 0) is 22.5 Å². The van der Waals surface area contributed by atoms with E-state index in [1.807, 2.05) is 6.92 Å². The Labute approximate surface area is 95.1 Å². The minimum atomic E-state index is 0.0832. The molecule has 0 aliphatic rings. The van der Waals surface area contributed by atoms with E-state index in [4.69, 9.17) is 19.7 Å². The molecule has 6 heteroatoms. The minimum absolute atomic E-state index is 0.0832. The fraction of sp³-hybridized carbons (Fsp3) is 0.800. The Balaban J connectivity index is 2.28. The highest BCUT2D eigenvalue weighted by molar-refractivity contribution is 4.88. The van der Waals surface area contributed by atoms with Crippen molar-refractivity contribution in [1.82, 2.24) is 10.1 Å². The fourth-order valence-corrected chi connectivity index (χ4v) is 1.11. The van der Waals surface area contributed by atoms with Gasteiger partial charge in [-0.15, -0.1) is 0 Å². The van der Waals surface area contributed by atoms with Gasteiger partial charge >= 0.3 is 0 Å². The summed E-state index contributed by atoms with van der Waals surface area (Å²) in [5, 5.41) is 3.83. The number of rotatable bonds is 8. The second-order valence-electron chi connectivity index (χ2n) is 3.52. The van der Waals surface area contributed by atoms with Crippen LogP contribution in [0.15, 0.2) is 4.52 Å². The lowest BCUT2D eigenvalue weighted by Gasteiger charge is -2.02. The predicted molar refractivity (Wildman–Crippen MR) is 57.8 cm³/mol. The number of nitrogens with two attached hydrogens (primary N) is 1. The Bertz CT molecular complexity index is 291. The molecule has 1 aromatic heterocycles. The third kappa shape index (κ3) is 4.69. The molecular formula is C10H19N3O3. The number of ether oxygens (including phenoxy) is 2. The fourth-order valence-electron chi connectivity index (χ4n) is 1.11. The zero-order chi connectivity index (χ0) is 11.8. The average molecular weight is 229 g/mol. The zero-order valence-corrected chi connectivity index (χ0v) is 9.81. The van der Waals surface area contributed by atoms with Gasteiger partial charge in [0, 0.05) is 19.6 Å². The number of hydrogen-bond donors (Lipinski definition) is 1. The summed E-state index contributed by atoms with van der Waals surface area (Å²) in [7, 11) is 1.63. The summed E-state index contributed by atoms with van der Waals surface area (Å²) in [6, 6.07) is 0.0832. The van der Waals surface area contributed by atoms with E-state index in [9.17, 15) is 0 Å². The summed E-state index contributed by atoms with van der Waals surface area (Å²) in [6.45, 7) is 3.42. The molecule has 0 aliphatic carbocycles. The van der Waals surface area contributed by atoms with E-state index >= 15 is 0 Å². The highest BCUT2D eigenvalue weighted by Crippen LogP contribution is 2.02. The highest BCUT2D eigenvalue weighted by atomic mass is 16.5. The lowest BCUT2D eigenvalue weighted by molar-refractivity contribution is 0.0494. The summed E-state index contributed by atoms with van der Waals surface area (Å²) in [4.78, 5) is 4.17. The molecule has 0 spiro atoms. The van der Waals surface area contributed by atoms with Crippen LogP contribution in [-0.4, -0.2) is 36.5 Å². The van der Waals surface area contributed by atoms with Gasteiger partial charge in [0.2, 0.25) is 0 Å². The quantitative estimate of drug-likeness (QED) is 0.654. The van der Waals surface area contributed by atoms with Crippen molar-refractivity contribution in [2.24, 2.45) is 5.73 Å². The van der Waals surface area contributed by atoms with E-state index in [1.54, 1.807) is 7.11 Å². The van der Waals surface area contributed by atoms with Crippen LogP contribution >= 0.6 is 0 Å². The molecule has 0 amide bonds. The van der Waals surface area contributed by atoms with Gasteiger partial charge in [-0.1, -0.05) is 12.1 Å². The van der Waals surface area contributed by atoms with E-state index < -0.39 is 0 Å². The van der Waals surface area contributed by atoms with Crippen LogP contribution in [0.2, 0.25) is 0 Å². The standard InChI is InChI=1S/C10H19N3O3/c1-3-8(11)6-9-12-10(16-13-9)7-15-5-4-14-2/h8H,3-7,11H2,1-2H3. The minimum Gasteiger partial charge on any atom is -0.382 e. The zero-order valence-electron chi connectivity index (χ0n) is 9.81. The normalized spacial score (nSPS) is 12.9. The maximum Gasteiger partial charge on any atom is 0.252 e. The molecule has 0 bridgehead atoms. The second kappa shape index (κ2) is 7.32. The molecule has 92 valence electrons. The topological polar surface area (TPSA) is 83.4 Å². The van der Waals surface area contributed by atoms with Gasteiger partial charge in [0.15, 0.2) is 5.82 Å². The van der Waals surface area contributed by atoms with Crippen LogP contribution in [0.1, 0.15) is 25.1 Å². The van der Waals surface area contributed by atoms with Gasteiger partial charge < -0.3 is 19.7 Å². The van der Waals surface area contributed by atoms with Crippen molar-refractivity contribution >= 4 is 0 Å². The first-order valence-electron chi connectivity index (χ1n) is 5.40. The Kier molecular flexibility index (Phi) is 5.99. The molecule has 1 heterocycles. The van der Waals surface area contributed by atoms with Crippen LogP contribution in [0.5, 0.6) is 0 Å². The third-order valence-electron chi connectivity index (χ3n) is 2.14. The lowest BCUT2D eigenvalue weighted by atomic mass is 10.2. The SMILES string of the molecule is CCC(N)Cc1noc(COCCOC)n1. The summed E-state index contributed by atoms with van der Waals surface area (Å²) >= 11 is 0. The largest absolute Gasteiger partial charge is 0.382 e. The van der Waals surface area contributed by atoms with Crippen LogP contribution in [0.25, 0.3) is 0 Å². The second-order valence-corrected chi connectivity index (χ2v) is 3.52. The van der Waals surface area contributed by atoms with Gasteiger partial charge in [-0.25, -0.2) is 0 Å². The number of aromatic nitrogens is 2. The van der Waals surface area contributed by atoms with Crippen molar-refractivity contribution in [1.29, 1.82) is 0 Å². The first kappa shape index (κ1) is 13.1. The summed E-state index contributed by atoms with van der Waals surface area (Å²) in [6.07, 6.45) is 1.53. The van der Waals surface area contributed by atoms with Crippen LogP contribution in [0.3, 0.4) is 0 Å². The van der Waals surface area contributed by atoms with E-state index in [0.717, 1.165) is 6.42 Å². The monoisotopic (exact) mass is 229 g/mol. The van der Waals surface area contributed by atoms with E-state index in [-0.39, 0.29) is 6.04 Å². The summed E-state index contributed by atoms with van der Waals surface area (Å²) in [5.41, 5.74) is 5.78. The molecule has 0 saturated heterocycles. The van der Waals surface area contributed by atoms with Gasteiger partial charge in [-0.2, -0.15) is 4.98 Å². The molecule has 6 nitrogen and oxygen atoms in total. The highest BCUT2D eigenvalue weighted by Gasteiger charge is 2.09. The van der Waals surface area contributed by atoms with Gasteiger partial charge in [0.05, 0.1) is 13.2 Å². The Morgan fingerprint density at radius 1 is 1.44 bits per heavy atom. The maximum absolute atomic E-state index is 5.78. The predicted octanol–water partition coefficient (Wildman–Crippen LogP) is 0.512. The lowest BCUT2D eigenvalue weighted by Crippen LogP contribution is -2.22. The first-order valence-corrected chi connectivity index (χ1v) is 5.40. The number of methoxy groups -OCH3 is 1. The molecule has 0 aromatic carbocycles. The van der Waals surface area contributed by atoms with Crippen molar-refractivity contribution < 1.29 is 14.0 Å². The maximum atomic E-state index is 5.78. The molecule has 0 fully saturated rings. The van der Waals surface area contributed by atoms with Crippen molar-refractivity contribution in [3.63, 3.8) is 0 Å². The molecule has 2 N–H and O–H groups in total. The Morgan fingerprint density at radius 2 is 2.25 bits per heavy atom. The third-order valence-corrected chi connectivity index (χ3v) is 2.14. The molecular weight excluding hydrogens is 210 g/mol. The number of nitrogens with zero attached hydrogens (tertiary/aromatic N) is 2. The molecule has 1 unspecified atom stereocenters. The molecule has 1 atom stereocenters. The smallest absolute Gasteiger partial charge is 0.252 e. The van der Waals surface area contributed by atoms with E-state index in [1.165, 1.54) is 0 Å². The molecule has 1 aromatic rings. The van der Waals surface area contributed by atoms with Crippen molar-refractivity contribution in [3.05, 3.63) is 11.7 Å². The average Bonchev–Trinajstić information content (AvgIpc) is 2.72. The van der Waals surface area contributed by atoms with Gasteiger partial charge in [-0.05, 0) is 6.42 Å². The van der Waals surface area contributed by atoms with E-state index in [0.29, 0.717) is 38.0 Å². The molecule has 0 aliphatic heterocycles. The summed E-state index contributed by atoms with van der Waals surface area (Å²) in [5.74, 6) is 1.12. The van der Waals surface area contributed by atoms with Crippen LogP contribution < -0.4 is 5.73 Å². The van der Waals surface area contributed by atoms with Gasteiger partial charge in [-0.3, -0.25) is 0 Å². The van der Waals surface area contributed by atoms with Crippen molar-refractivity contribution in [3.8, 4) is 0 Å². The van der Waals surface area contributed by atoms with Crippen molar-refractivity contribution in [2.75, 3.05) is 20.3 Å². The van der Waals surface area contributed by atoms with Gasteiger partial charge in [0.1, 0.15) is 6.61 Å². The summed E-state index contributed by atoms with van der Waals surface area (Å²) < 4.78 is 15.1. The van der Waals surface area contributed by atoms with E-state index in [2.05, 4.69) is 10.1 Å². The van der Waals surface area contributed by atoms with Crippen molar-refractivity contribution in [2.45, 2.75) is 32.4 Å². The first-order chi connectivity index (χ1) is 7.76. The molecule has 16 heavy (non-hydrogen) atoms. The van der Waals surface area contributed by atoms with Gasteiger partial charge in [0.25, 0.3) is 5.89 Å². The number of hydrogen-bond acceptors (Lipinski definition) is 6. The Morgan fingerprint density at radius 3 is 2.94 bits per heavy atom. The molecule has 0 radical (unpaired) electrons.